The van der Waals surface area contributed by atoms with E-state index in [9.17, 15) is 22.4 Å². The van der Waals surface area contributed by atoms with Crippen LogP contribution in [0.4, 0.5) is 17.6 Å². The molecule has 5 heteroatoms. The van der Waals surface area contributed by atoms with E-state index in [0.29, 0.717) is 12.5 Å². The first-order chi connectivity index (χ1) is 7.39. The average Bonchev–Trinajstić information content (AvgIpc) is 2.17. The van der Waals surface area contributed by atoms with Crippen LogP contribution in [-0.2, 0) is 12.6 Å². The van der Waals surface area contributed by atoms with Crippen LogP contribution in [0.25, 0.3) is 0 Å². The van der Waals surface area contributed by atoms with Gasteiger partial charge in [-0.25, -0.2) is 4.39 Å². The zero-order valence-corrected chi connectivity index (χ0v) is 8.20. The minimum atomic E-state index is -4.61. The minimum absolute atomic E-state index is 0.0647. The summed E-state index contributed by atoms with van der Waals surface area (Å²) in [5.41, 5.74) is -1.20. The molecule has 0 bridgehead atoms. The highest BCUT2D eigenvalue weighted by molar-refractivity contribution is 5.98. The lowest BCUT2D eigenvalue weighted by molar-refractivity contribution is -0.138. The molecule has 1 aliphatic carbocycles. The van der Waals surface area contributed by atoms with Gasteiger partial charge in [-0.05, 0) is 30.5 Å². The van der Waals surface area contributed by atoms with Crippen molar-refractivity contribution in [2.75, 3.05) is 0 Å². The quantitative estimate of drug-likeness (QED) is 0.627. The lowest BCUT2D eigenvalue weighted by atomic mass is 9.87. The molecule has 0 aromatic heterocycles. The van der Waals surface area contributed by atoms with Crippen LogP contribution >= 0.6 is 0 Å². The maximum absolute atomic E-state index is 13.0. The monoisotopic (exact) mass is 232 g/mol. The fourth-order valence-corrected chi connectivity index (χ4v) is 1.97. The normalized spacial score (nSPS) is 16.1. The number of carbonyl (C=O) groups is 1. The SMILES string of the molecule is O=C1CCCc2c1cc(F)cc2C(F)(F)F. The van der Waals surface area contributed by atoms with E-state index in [4.69, 9.17) is 0 Å². The Labute approximate surface area is 89.1 Å². The highest BCUT2D eigenvalue weighted by Crippen LogP contribution is 2.36. The van der Waals surface area contributed by atoms with E-state index < -0.39 is 23.3 Å². The second kappa shape index (κ2) is 3.57. The summed E-state index contributed by atoms with van der Waals surface area (Å²) >= 11 is 0. The summed E-state index contributed by atoms with van der Waals surface area (Å²) in [7, 11) is 0. The molecule has 86 valence electrons. The summed E-state index contributed by atoms with van der Waals surface area (Å²) in [5, 5.41) is 0. The Hall–Kier alpha value is -1.39. The predicted molar refractivity (Wildman–Crippen MR) is 48.7 cm³/mol. The van der Waals surface area contributed by atoms with Crippen molar-refractivity contribution in [1.82, 2.24) is 0 Å². The summed E-state index contributed by atoms with van der Waals surface area (Å²) in [4.78, 5) is 11.4. The summed E-state index contributed by atoms with van der Waals surface area (Å²) in [5.74, 6) is -1.42. The molecular formula is C11H8F4O. The Morgan fingerprint density at radius 1 is 1.12 bits per heavy atom. The van der Waals surface area contributed by atoms with E-state index in [1.54, 1.807) is 0 Å². The lowest BCUT2D eigenvalue weighted by Crippen LogP contribution is -2.18. The van der Waals surface area contributed by atoms with Gasteiger partial charge in [0.25, 0.3) is 0 Å². The molecule has 0 saturated heterocycles. The molecule has 0 heterocycles. The highest BCUT2D eigenvalue weighted by Gasteiger charge is 2.36. The summed E-state index contributed by atoms with van der Waals surface area (Å²) in [6.07, 6.45) is -3.85. The predicted octanol–water partition coefficient (Wildman–Crippen LogP) is 3.36. The van der Waals surface area contributed by atoms with Crippen molar-refractivity contribution in [1.29, 1.82) is 0 Å². The average molecular weight is 232 g/mol. The van der Waals surface area contributed by atoms with Gasteiger partial charge in [0, 0.05) is 12.0 Å². The van der Waals surface area contributed by atoms with Gasteiger partial charge in [0.05, 0.1) is 5.56 Å². The molecule has 2 rings (SSSR count). The third-order valence-corrected chi connectivity index (χ3v) is 2.65. The van der Waals surface area contributed by atoms with Gasteiger partial charge < -0.3 is 0 Å². The van der Waals surface area contributed by atoms with Crippen LogP contribution in [0, 0.1) is 5.82 Å². The Bertz CT molecular complexity index is 448. The number of carbonyl (C=O) groups excluding carboxylic acids is 1. The van der Waals surface area contributed by atoms with E-state index in [-0.39, 0.29) is 24.0 Å². The van der Waals surface area contributed by atoms with Crippen molar-refractivity contribution >= 4 is 5.78 Å². The summed E-state index contributed by atoms with van der Waals surface area (Å²) in [6.45, 7) is 0. The summed E-state index contributed by atoms with van der Waals surface area (Å²) < 4.78 is 50.8. The van der Waals surface area contributed by atoms with Crippen LogP contribution < -0.4 is 0 Å². The van der Waals surface area contributed by atoms with Crippen molar-refractivity contribution in [2.24, 2.45) is 0 Å². The number of hydrogen-bond donors (Lipinski definition) is 0. The third kappa shape index (κ3) is 1.81. The van der Waals surface area contributed by atoms with Crippen molar-refractivity contribution < 1.29 is 22.4 Å². The Morgan fingerprint density at radius 2 is 1.81 bits per heavy atom. The number of benzene rings is 1. The molecular weight excluding hydrogens is 224 g/mol. The largest absolute Gasteiger partial charge is 0.416 e. The smallest absolute Gasteiger partial charge is 0.294 e. The molecule has 16 heavy (non-hydrogen) atoms. The first-order valence-electron chi connectivity index (χ1n) is 4.82. The number of ketones is 1. The fraction of sp³-hybridized carbons (Fsp3) is 0.364. The zero-order valence-electron chi connectivity index (χ0n) is 8.20. The Kier molecular flexibility index (Phi) is 2.48. The standard InChI is InChI=1S/C11H8F4O/c12-6-4-8-7(2-1-3-10(8)16)9(5-6)11(13,14)15/h4-5H,1-3H2. The fourth-order valence-electron chi connectivity index (χ4n) is 1.97. The molecule has 0 unspecified atom stereocenters. The molecule has 1 aromatic carbocycles. The van der Waals surface area contributed by atoms with Gasteiger partial charge in [0.1, 0.15) is 5.82 Å². The number of halogens is 4. The van der Waals surface area contributed by atoms with Crippen molar-refractivity contribution in [3.05, 3.63) is 34.6 Å². The molecule has 0 radical (unpaired) electrons. The number of rotatable bonds is 0. The topological polar surface area (TPSA) is 17.1 Å². The van der Waals surface area contributed by atoms with E-state index in [1.165, 1.54) is 0 Å². The Balaban J connectivity index is 2.67. The lowest BCUT2D eigenvalue weighted by Gasteiger charge is -2.20. The van der Waals surface area contributed by atoms with E-state index >= 15 is 0 Å². The van der Waals surface area contributed by atoms with Crippen molar-refractivity contribution in [2.45, 2.75) is 25.4 Å². The molecule has 0 saturated carbocycles. The first-order valence-corrected chi connectivity index (χ1v) is 4.82. The van der Waals surface area contributed by atoms with Gasteiger partial charge in [-0.15, -0.1) is 0 Å². The van der Waals surface area contributed by atoms with E-state index in [1.807, 2.05) is 0 Å². The van der Waals surface area contributed by atoms with Gasteiger partial charge >= 0.3 is 6.18 Å². The van der Waals surface area contributed by atoms with Crippen molar-refractivity contribution in [3.63, 3.8) is 0 Å². The highest BCUT2D eigenvalue weighted by atomic mass is 19.4. The molecule has 0 aliphatic heterocycles. The number of alkyl halides is 3. The molecule has 0 fully saturated rings. The molecule has 0 N–H and O–H groups in total. The van der Waals surface area contributed by atoms with E-state index in [2.05, 4.69) is 0 Å². The molecule has 0 atom stereocenters. The number of fused-ring (bicyclic) bond motifs is 1. The molecule has 1 nitrogen and oxygen atoms in total. The van der Waals surface area contributed by atoms with Crippen LogP contribution in [0.3, 0.4) is 0 Å². The Morgan fingerprint density at radius 3 is 2.44 bits per heavy atom. The van der Waals surface area contributed by atoms with Crippen LogP contribution in [0.2, 0.25) is 0 Å². The molecule has 1 aromatic rings. The molecule has 0 amide bonds. The van der Waals surface area contributed by atoms with Gasteiger partial charge in [-0.2, -0.15) is 13.2 Å². The maximum atomic E-state index is 13.0. The first kappa shape index (κ1) is 11.1. The second-order valence-corrected chi connectivity index (χ2v) is 3.75. The minimum Gasteiger partial charge on any atom is -0.294 e. The van der Waals surface area contributed by atoms with Gasteiger partial charge in [0.15, 0.2) is 5.78 Å². The van der Waals surface area contributed by atoms with Crippen LogP contribution in [0.1, 0.15) is 34.3 Å². The van der Waals surface area contributed by atoms with Crippen LogP contribution in [0.15, 0.2) is 12.1 Å². The van der Waals surface area contributed by atoms with Crippen LogP contribution in [0.5, 0.6) is 0 Å². The summed E-state index contributed by atoms with van der Waals surface area (Å²) in [6, 6.07) is 1.35. The zero-order chi connectivity index (χ0) is 11.9. The van der Waals surface area contributed by atoms with Gasteiger partial charge in [-0.1, -0.05) is 0 Å². The second-order valence-electron chi connectivity index (χ2n) is 3.75. The number of Topliss-reactive ketones (excluding diaryl/α,β-unsaturated/α-hetero) is 1. The van der Waals surface area contributed by atoms with Crippen LogP contribution in [-0.4, -0.2) is 5.78 Å². The molecule has 1 aliphatic rings. The van der Waals surface area contributed by atoms with Crippen molar-refractivity contribution in [3.8, 4) is 0 Å². The number of hydrogen-bond acceptors (Lipinski definition) is 1. The molecule has 0 spiro atoms. The van der Waals surface area contributed by atoms with Gasteiger partial charge in [-0.3, -0.25) is 4.79 Å². The van der Waals surface area contributed by atoms with Gasteiger partial charge in [0.2, 0.25) is 0 Å². The van der Waals surface area contributed by atoms with E-state index in [0.717, 1.165) is 6.07 Å². The maximum Gasteiger partial charge on any atom is 0.416 e. The third-order valence-electron chi connectivity index (χ3n) is 2.65.